The molecule has 3 rings (SSSR count). The number of halogens is 1. The molecule has 0 aliphatic carbocycles. The predicted molar refractivity (Wildman–Crippen MR) is 72.3 cm³/mol. The van der Waals surface area contributed by atoms with Crippen molar-refractivity contribution in [1.82, 2.24) is 4.98 Å². The number of nitrogens with zero attached hydrogens (tertiary/aromatic N) is 1. The van der Waals surface area contributed by atoms with Gasteiger partial charge < -0.3 is 10.2 Å². The molecule has 20 heavy (non-hydrogen) atoms. The molecule has 3 aromatic rings. The fraction of sp³-hybridized carbons (Fsp3) is 0.0667. The maximum absolute atomic E-state index is 12.9. The van der Waals surface area contributed by atoms with Gasteiger partial charge in [0, 0.05) is 5.56 Å². The highest BCUT2D eigenvalue weighted by molar-refractivity contribution is 5.81. The van der Waals surface area contributed by atoms with Gasteiger partial charge in [-0.15, -0.1) is 0 Å². The molecule has 0 radical (unpaired) electrons. The smallest absolute Gasteiger partial charge is 0.227 e. The summed E-state index contributed by atoms with van der Waals surface area (Å²) in [6.45, 7) is 0. The Labute approximate surface area is 114 Å². The van der Waals surface area contributed by atoms with Gasteiger partial charge >= 0.3 is 0 Å². The van der Waals surface area contributed by atoms with Crippen LogP contribution in [0.25, 0.3) is 22.6 Å². The van der Waals surface area contributed by atoms with Crippen molar-refractivity contribution in [3.63, 3.8) is 0 Å². The van der Waals surface area contributed by atoms with Gasteiger partial charge in [0.2, 0.25) is 11.8 Å². The number of carbonyl (C=O) groups is 1. The number of primary amides is 1. The second-order valence-corrected chi connectivity index (χ2v) is 4.47. The number of oxazole rings is 1. The van der Waals surface area contributed by atoms with Crippen LogP contribution in [0.4, 0.5) is 4.39 Å². The highest BCUT2D eigenvalue weighted by atomic mass is 19.1. The van der Waals surface area contributed by atoms with E-state index >= 15 is 0 Å². The molecule has 4 nitrogen and oxygen atoms in total. The van der Waals surface area contributed by atoms with Gasteiger partial charge in [0.1, 0.15) is 11.3 Å². The Hall–Kier alpha value is -2.69. The predicted octanol–water partition coefficient (Wildman–Crippen LogP) is 2.66. The lowest BCUT2D eigenvalue weighted by atomic mass is 10.1. The van der Waals surface area contributed by atoms with E-state index in [1.165, 1.54) is 12.1 Å². The number of carbonyl (C=O) groups excluding carboxylic acids is 1. The lowest BCUT2D eigenvalue weighted by Crippen LogP contribution is -2.13. The summed E-state index contributed by atoms with van der Waals surface area (Å²) in [4.78, 5) is 15.2. The monoisotopic (exact) mass is 270 g/mol. The first-order valence-electron chi connectivity index (χ1n) is 6.05. The summed E-state index contributed by atoms with van der Waals surface area (Å²) in [6, 6.07) is 11.2. The quantitative estimate of drug-likeness (QED) is 0.795. The van der Waals surface area contributed by atoms with Crippen LogP contribution >= 0.6 is 0 Å². The number of hydrogen-bond acceptors (Lipinski definition) is 3. The van der Waals surface area contributed by atoms with Crippen molar-refractivity contribution in [3.8, 4) is 11.5 Å². The average molecular weight is 270 g/mol. The summed E-state index contributed by atoms with van der Waals surface area (Å²) in [7, 11) is 0. The highest BCUT2D eigenvalue weighted by Crippen LogP contribution is 2.25. The molecule has 0 bridgehead atoms. The lowest BCUT2D eigenvalue weighted by molar-refractivity contribution is -0.117. The Morgan fingerprint density at radius 1 is 1.20 bits per heavy atom. The van der Waals surface area contributed by atoms with E-state index in [9.17, 15) is 9.18 Å². The first-order valence-corrected chi connectivity index (χ1v) is 6.05. The van der Waals surface area contributed by atoms with Crippen molar-refractivity contribution in [2.45, 2.75) is 6.42 Å². The molecule has 0 aliphatic rings. The summed E-state index contributed by atoms with van der Waals surface area (Å²) in [5.41, 5.74) is 7.89. The van der Waals surface area contributed by atoms with Crippen molar-refractivity contribution >= 4 is 17.0 Å². The zero-order chi connectivity index (χ0) is 14.1. The number of benzene rings is 2. The van der Waals surface area contributed by atoms with Crippen LogP contribution in [-0.4, -0.2) is 10.9 Å². The third-order valence-corrected chi connectivity index (χ3v) is 2.92. The molecule has 0 spiro atoms. The molecule has 2 N–H and O–H groups in total. The number of hydrogen-bond donors (Lipinski definition) is 1. The van der Waals surface area contributed by atoms with Gasteiger partial charge in [-0.3, -0.25) is 4.79 Å². The summed E-state index contributed by atoms with van der Waals surface area (Å²) >= 11 is 0. The number of nitrogens with two attached hydrogens (primary N) is 1. The van der Waals surface area contributed by atoms with Crippen molar-refractivity contribution < 1.29 is 13.6 Å². The fourth-order valence-corrected chi connectivity index (χ4v) is 2.00. The standard InChI is InChI=1S/C15H11FN2O2/c16-11-4-2-10(3-5-11)15-18-12-7-9(8-14(17)19)1-6-13(12)20-15/h1-7H,8H2,(H2,17,19). The maximum Gasteiger partial charge on any atom is 0.227 e. The summed E-state index contributed by atoms with van der Waals surface area (Å²) in [6.07, 6.45) is 0.161. The maximum atomic E-state index is 12.9. The Morgan fingerprint density at radius 3 is 2.65 bits per heavy atom. The number of rotatable bonds is 3. The molecule has 100 valence electrons. The molecule has 2 aromatic carbocycles. The second kappa shape index (κ2) is 4.77. The summed E-state index contributed by atoms with van der Waals surface area (Å²) in [5.74, 6) is -0.295. The Balaban J connectivity index is 2.01. The minimum Gasteiger partial charge on any atom is -0.436 e. The van der Waals surface area contributed by atoms with Crippen molar-refractivity contribution in [2.24, 2.45) is 5.73 Å². The third-order valence-electron chi connectivity index (χ3n) is 2.92. The van der Waals surface area contributed by atoms with Gasteiger partial charge in [0.15, 0.2) is 5.58 Å². The van der Waals surface area contributed by atoms with Gasteiger partial charge in [0.25, 0.3) is 0 Å². The third kappa shape index (κ3) is 2.38. The van der Waals surface area contributed by atoms with Crippen molar-refractivity contribution in [3.05, 3.63) is 53.8 Å². The van der Waals surface area contributed by atoms with E-state index < -0.39 is 5.91 Å². The van der Waals surface area contributed by atoms with Crippen molar-refractivity contribution in [1.29, 1.82) is 0 Å². The number of amides is 1. The van der Waals surface area contributed by atoms with E-state index in [1.807, 2.05) is 0 Å². The average Bonchev–Trinajstić information content (AvgIpc) is 2.81. The second-order valence-electron chi connectivity index (χ2n) is 4.47. The van der Waals surface area contributed by atoms with E-state index in [2.05, 4.69) is 4.98 Å². The Morgan fingerprint density at radius 2 is 1.95 bits per heavy atom. The minimum atomic E-state index is -0.397. The first kappa shape index (κ1) is 12.3. The van der Waals surface area contributed by atoms with Crippen LogP contribution < -0.4 is 5.73 Å². The normalized spacial score (nSPS) is 10.8. The first-order chi connectivity index (χ1) is 9.61. The van der Waals surface area contributed by atoms with E-state index in [0.717, 1.165) is 5.56 Å². The number of fused-ring (bicyclic) bond motifs is 1. The van der Waals surface area contributed by atoms with Crippen LogP contribution in [0.15, 0.2) is 46.9 Å². The molecule has 0 saturated carbocycles. The summed E-state index contributed by atoms with van der Waals surface area (Å²) < 4.78 is 18.5. The molecular formula is C15H11FN2O2. The largest absolute Gasteiger partial charge is 0.436 e. The van der Waals surface area contributed by atoms with Crippen LogP contribution in [0, 0.1) is 5.82 Å². The minimum absolute atomic E-state index is 0.161. The van der Waals surface area contributed by atoms with Crippen LogP contribution in [-0.2, 0) is 11.2 Å². The van der Waals surface area contributed by atoms with E-state index in [1.54, 1.807) is 30.3 Å². The molecule has 1 amide bonds. The SMILES string of the molecule is NC(=O)Cc1ccc2oc(-c3ccc(F)cc3)nc2c1. The molecule has 1 aromatic heterocycles. The number of aromatic nitrogens is 1. The van der Waals surface area contributed by atoms with E-state index in [4.69, 9.17) is 10.2 Å². The molecule has 5 heteroatoms. The molecule has 0 fully saturated rings. The molecule has 0 saturated heterocycles. The highest BCUT2D eigenvalue weighted by Gasteiger charge is 2.09. The molecule has 0 atom stereocenters. The van der Waals surface area contributed by atoms with Gasteiger partial charge in [-0.25, -0.2) is 9.37 Å². The van der Waals surface area contributed by atoms with Crippen LogP contribution in [0.1, 0.15) is 5.56 Å². The molecule has 1 heterocycles. The zero-order valence-electron chi connectivity index (χ0n) is 10.5. The van der Waals surface area contributed by atoms with Gasteiger partial charge in [-0.05, 0) is 42.0 Å². The lowest BCUT2D eigenvalue weighted by Gasteiger charge is -1.95. The van der Waals surface area contributed by atoms with Gasteiger partial charge in [-0.1, -0.05) is 6.07 Å². The molecular weight excluding hydrogens is 259 g/mol. The Bertz CT molecular complexity index is 778. The van der Waals surface area contributed by atoms with Gasteiger partial charge in [-0.2, -0.15) is 0 Å². The van der Waals surface area contributed by atoms with E-state index in [-0.39, 0.29) is 12.2 Å². The van der Waals surface area contributed by atoms with Crippen LogP contribution in [0.5, 0.6) is 0 Å². The molecule has 0 unspecified atom stereocenters. The fourth-order valence-electron chi connectivity index (χ4n) is 2.00. The van der Waals surface area contributed by atoms with Crippen molar-refractivity contribution in [2.75, 3.05) is 0 Å². The zero-order valence-corrected chi connectivity index (χ0v) is 10.5. The Kier molecular flexibility index (Phi) is 2.95. The van der Waals surface area contributed by atoms with Crippen LogP contribution in [0.2, 0.25) is 0 Å². The van der Waals surface area contributed by atoms with Gasteiger partial charge in [0.05, 0.1) is 6.42 Å². The van der Waals surface area contributed by atoms with Crippen LogP contribution in [0.3, 0.4) is 0 Å². The molecule has 0 aliphatic heterocycles. The summed E-state index contributed by atoms with van der Waals surface area (Å²) in [5, 5.41) is 0. The topological polar surface area (TPSA) is 69.1 Å². The van der Waals surface area contributed by atoms with E-state index in [0.29, 0.717) is 22.6 Å².